The van der Waals surface area contributed by atoms with Crippen LogP contribution in [0.4, 0.5) is 17.5 Å². The number of methoxy groups -OCH3 is 1. The maximum Gasteiger partial charge on any atom is 0.232 e. The van der Waals surface area contributed by atoms with Crippen LogP contribution in [0.2, 0.25) is 0 Å². The molecular weight excluding hydrogens is 316 g/mol. The number of hydrogen-bond acceptors (Lipinski definition) is 7. The number of aromatic nitrogens is 3. The quantitative estimate of drug-likeness (QED) is 0.756. The molecular formula is C18H20N6O. The molecule has 4 rings (SSSR count). The zero-order valence-corrected chi connectivity index (χ0v) is 14.1. The predicted molar refractivity (Wildman–Crippen MR) is 98.7 cm³/mol. The van der Waals surface area contributed by atoms with E-state index in [9.17, 15) is 0 Å². The lowest BCUT2D eigenvalue weighted by Gasteiger charge is -2.29. The molecule has 2 aromatic heterocycles. The number of rotatable bonds is 4. The SMILES string of the molecule is COc1nc(Nc2cc(N3CCNCC3)ccn2)nc2ccccc12. The number of hydrogen-bond donors (Lipinski definition) is 2. The van der Waals surface area contributed by atoms with Crippen molar-refractivity contribution in [2.24, 2.45) is 0 Å². The monoisotopic (exact) mass is 336 g/mol. The summed E-state index contributed by atoms with van der Waals surface area (Å²) in [5.41, 5.74) is 1.97. The van der Waals surface area contributed by atoms with E-state index in [0.717, 1.165) is 42.8 Å². The van der Waals surface area contributed by atoms with Gasteiger partial charge in [-0.2, -0.15) is 4.98 Å². The molecule has 0 unspecified atom stereocenters. The summed E-state index contributed by atoms with van der Waals surface area (Å²) >= 11 is 0. The van der Waals surface area contributed by atoms with E-state index >= 15 is 0 Å². The maximum absolute atomic E-state index is 5.40. The molecule has 1 fully saturated rings. The maximum atomic E-state index is 5.40. The van der Waals surface area contributed by atoms with Crippen LogP contribution in [0.3, 0.4) is 0 Å². The van der Waals surface area contributed by atoms with Crippen LogP contribution in [0.5, 0.6) is 5.88 Å². The van der Waals surface area contributed by atoms with Gasteiger partial charge in [0.15, 0.2) is 0 Å². The van der Waals surface area contributed by atoms with Crippen LogP contribution in [0.15, 0.2) is 42.6 Å². The van der Waals surface area contributed by atoms with Crippen molar-refractivity contribution in [2.45, 2.75) is 0 Å². The van der Waals surface area contributed by atoms with Gasteiger partial charge in [0.2, 0.25) is 11.8 Å². The van der Waals surface area contributed by atoms with Crippen molar-refractivity contribution >= 4 is 28.4 Å². The van der Waals surface area contributed by atoms with Gasteiger partial charge in [-0.1, -0.05) is 12.1 Å². The lowest BCUT2D eigenvalue weighted by molar-refractivity contribution is 0.403. The molecule has 0 atom stereocenters. The first-order chi connectivity index (χ1) is 12.3. The topological polar surface area (TPSA) is 75.2 Å². The van der Waals surface area contributed by atoms with E-state index in [0.29, 0.717) is 17.6 Å². The van der Waals surface area contributed by atoms with Gasteiger partial charge < -0.3 is 20.3 Å². The highest BCUT2D eigenvalue weighted by Crippen LogP contribution is 2.25. The van der Waals surface area contributed by atoms with Gasteiger partial charge in [-0.3, -0.25) is 0 Å². The Labute approximate surface area is 146 Å². The van der Waals surface area contributed by atoms with Gasteiger partial charge in [0.1, 0.15) is 5.82 Å². The van der Waals surface area contributed by atoms with E-state index in [1.165, 1.54) is 0 Å². The Hall–Kier alpha value is -2.93. The number of nitrogens with one attached hydrogen (secondary N) is 2. The number of pyridine rings is 1. The van der Waals surface area contributed by atoms with Crippen LogP contribution in [0.25, 0.3) is 10.9 Å². The summed E-state index contributed by atoms with van der Waals surface area (Å²) < 4.78 is 5.40. The molecule has 3 heterocycles. The van der Waals surface area contributed by atoms with E-state index in [4.69, 9.17) is 4.74 Å². The predicted octanol–water partition coefficient (Wildman–Crippen LogP) is 2.19. The van der Waals surface area contributed by atoms with Gasteiger partial charge in [0, 0.05) is 44.1 Å². The average Bonchev–Trinajstić information content (AvgIpc) is 2.68. The minimum absolute atomic E-state index is 0.473. The molecule has 0 aliphatic carbocycles. The number of benzene rings is 1. The number of nitrogens with zero attached hydrogens (tertiary/aromatic N) is 4. The van der Waals surface area contributed by atoms with E-state index in [1.807, 2.05) is 36.4 Å². The Bertz CT molecular complexity index is 878. The molecule has 3 aromatic rings. The summed E-state index contributed by atoms with van der Waals surface area (Å²) in [7, 11) is 1.61. The smallest absolute Gasteiger partial charge is 0.232 e. The van der Waals surface area contributed by atoms with Gasteiger partial charge in [0.25, 0.3) is 0 Å². The molecule has 0 spiro atoms. The van der Waals surface area contributed by atoms with Gasteiger partial charge in [0.05, 0.1) is 18.0 Å². The fourth-order valence-electron chi connectivity index (χ4n) is 2.98. The molecule has 128 valence electrons. The number of piperazine rings is 1. The molecule has 0 amide bonds. The molecule has 7 nitrogen and oxygen atoms in total. The summed E-state index contributed by atoms with van der Waals surface area (Å²) in [4.78, 5) is 15.7. The second-order valence-corrected chi connectivity index (χ2v) is 5.83. The Balaban J connectivity index is 1.62. The summed E-state index contributed by atoms with van der Waals surface area (Å²) in [6.45, 7) is 3.97. The van der Waals surface area contributed by atoms with Crippen molar-refractivity contribution in [3.8, 4) is 5.88 Å². The normalized spacial score (nSPS) is 14.5. The van der Waals surface area contributed by atoms with Crippen molar-refractivity contribution in [3.63, 3.8) is 0 Å². The molecule has 1 saturated heterocycles. The van der Waals surface area contributed by atoms with Crippen LogP contribution >= 0.6 is 0 Å². The molecule has 0 radical (unpaired) electrons. The van der Waals surface area contributed by atoms with E-state index in [-0.39, 0.29) is 0 Å². The standard InChI is InChI=1S/C18H20N6O/c1-25-17-14-4-2-3-5-15(14)21-18(23-17)22-16-12-13(6-7-20-16)24-10-8-19-9-11-24/h2-7,12,19H,8-11H2,1H3,(H,20,21,22,23). The lowest BCUT2D eigenvalue weighted by atomic mass is 10.2. The van der Waals surface area contributed by atoms with Gasteiger partial charge >= 0.3 is 0 Å². The first kappa shape index (κ1) is 15.6. The first-order valence-corrected chi connectivity index (χ1v) is 8.33. The largest absolute Gasteiger partial charge is 0.480 e. The second-order valence-electron chi connectivity index (χ2n) is 5.83. The van der Waals surface area contributed by atoms with Crippen LogP contribution in [-0.2, 0) is 0 Å². The van der Waals surface area contributed by atoms with Crippen LogP contribution < -0.4 is 20.3 Å². The lowest BCUT2D eigenvalue weighted by Crippen LogP contribution is -2.43. The van der Waals surface area contributed by atoms with E-state index in [2.05, 4.69) is 30.5 Å². The fraction of sp³-hybridized carbons (Fsp3) is 0.278. The first-order valence-electron chi connectivity index (χ1n) is 8.33. The number of fused-ring (bicyclic) bond motifs is 1. The summed E-state index contributed by atoms with van der Waals surface area (Å²) in [5, 5.41) is 7.44. The van der Waals surface area contributed by atoms with Crippen molar-refractivity contribution in [1.29, 1.82) is 0 Å². The Kier molecular flexibility index (Phi) is 4.30. The van der Waals surface area contributed by atoms with E-state index < -0.39 is 0 Å². The van der Waals surface area contributed by atoms with Crippen molar-refractivity contribution in [1.82, 2.24) is 20.3 Å². The van der Waals surface area contributed by atoms with E-state index in [1.54, 1.807) is 13.3 Å². The molecule has 0 bridgehead atoms. The number of anilines is 3. The minimum Gasteiger partial charge on any atom is -0.480 e. The van der Waals surface area contributed by atoms with Gasteiger partial charge in [-0.05, 0) is 18.2 Å². The Morgan fingerprint density at radius 3 is 2.80 bits per heavy atom. The van der Waals surface area contributed by atoms with Gasteiger partial charge in [-0.15, -0.1) is 0 Å². The van der Waals surface area contributed by atoms with Crippen LogP contribution in [-0.4, -0.2) is 48.2 Å². The van der Waals surface area contributed by atoms with Crippen molar-refractivity contribution in [3.05, 3.63) is 42.6 Å². The zero-order valence-electron chi connectivity index (χ0n) is 14.1. The molecule has 2 N–H and O–H groups in total. The molecule has 1 aliphatic heterocycles. The average molecular weight is 336 g/mol. The second kappa shape index (κ2) is 6.90. The Morgan fingerprint density at radius 1 is 1.12 bits per heavy atom. The third kappa shape index (κ3) is 3.32. The summed E-state index contributed by atoms with van der Waals surface area (Å²) in [6.07, 6.45) is 1.80. The molecule has 1 aliphatic rings. The molecule has 0 saturated carbocycles. The van der Waals surface area contributed by atoms with Crippen LogP contribution in [0.1, 0.15) is 0 Å². The van der Waals surface area contributed by atoms with Crippen LogP contribution in [0, 0.1) is 0 Å². The third-order valence-electron chi connectivity index (χ3n) is 4.23. The summed E-state index contributed by atoms with van der Waals surface area (Å²) in [6, 6.07) is 11.8. The fourth-order valence-corrected chi connectivity index (χ4v) is 2.98. The highest BCUT2D eigenvalue weighted by atomic mass is 16.5. The Morgan fingerprint density at radius 2 is 1.96 bits per heavy atom. The highest BCUT2D eigenvalue weighted by Gasteiger charge is 2.12. The summed E-state index contributed by atoms with van der Waals surface area (Å²) in [5.74, 6) is 1.74. The van der Waals surface area contributed by atoms with Crippen molar-refractivity contribution in [2.75, 3.05) is 43.5 Å². The third-order valence-corrected chi connectivity index (χ3v) is 4.23. The number of para-hydroxylation sites is 1. The molecule has 25 heavy (non-hydrogen) atoms. The molecule has 7 heteroatoms. The zero-order chi connectivity index (χ0) is 17.1. The van der Waals surface area contributed by atoms with Gasteiger partial charge in [-0.25, -0.2) is 9.97 Å². The molecule has 1 aromatic carbocycles. The minimum atomic E-state index is 0.473. The van der Waals surface area contributed by atoms with Crippen molar-refractivity contribution < 1.29 is 4.74 Å². The number of ether oxygens (including phenoxy) is 1. The highest BCUT2D eigenvalue weighted by molar-refractivity contribution is 5.84.